The van der Waals surface area contributed by atoms with Gasteiger partial charge < -0.3 is 5.11 Å². The molecule has 1 nitrogen and oxygen atoms in total. The molecule has 1 aromatic carbocycles. The van der Waals surface area contributed by atoms with Crippen molar-refractivity contribution in [2.45, 2.75) is 32.8 Å². The monoisotopic (exact) mass is 242 g/mol. The molecule has 0 radical (unpaired) electrons. The first-order valence-corrected chi connectivity index (χ1v) is 5.25. The highest BCUT2D eigenvalue weighted by Gasteiger charge is 2.13. The van der Waals surface area contributed by atoms with Crippen LogP contribution in [-0.2, 0) is 0 Å². The number of rotatable bonds is 2. The fourth-order valence-corrected chi connectivity index (χ4v) is 2.12. The van der Waals surface area contributed by atoms with E-state index in [1.165, 1.54) is 11.1 Å². The van der Waals surface area contributed by atoms with Gasteiger partial charge in [-0.2, -0.15) is 0 Å². The maximum atomic E-state index is 9.45. The number of aryl methyl sites for hydroxylation is 1. The van der Waals surface area contributed by atoms with Crippen LogP contribution < -0.4 is 0 Å². The summed E-state index contributed by atoms with van der Waals surface area (Å²) in [5.41, 5.74) is 2.40. The second-order valence-electron chi connectivity index (χ2n) is 3.55. The Labute approximate surface area is 87.9 Å². The van der Waals surface area contributed by atoms with Gasteiger partial charge in [0, 0.05) is 10.4 Å². The van der Waals surface area contributed by atoms with Crippen molar-refractivity contribution in [3.05, 3.63) is 33.8 Å². The second-order valence-corrected chi connectivity index (χ2v) is 4.41. The molecule has 0 aliphatic carbocycles. The molecular formula is C11H15BrO. The first-order valence-electron chi connectivity index (χ1n) is 4.46. The standard InChI is InChI=1S/C11H15BrO/c1-7-4-5-10(11(12)6-7)8(2)9(3)13/h4-6,8-9,13H,1-3H3/t8?,9-/m1/s1. The Balaban J connectivity index is 3.01. The van der Waals surface area contributed by atoms with Crippen LogP contribution in [0.4, 0.5) is 0 Å². The average molecular weight is 243 g/mol. The zero-order valence-electron chi connectivity index (χ0n) is 8.21. The molecule has 0 spiro atoms. The fraction of sp³-hybridized carbons (Fsp3) is 0.455. The van der Waals surface area contributed by atoms with E-state index in [0.717, 1.165) is 4.47 Å². The molecule has 1 N–H and O–H groups in total. The minimum absolute atomic E-state index is 0.176. The Bertz CT molecular complexity index is 294. The third kappa shape index (κ3) is 2.55. The van der Waals surface area contributed by atoms with Crippen LogP contribution in [0, 0.1) is 6.92 Å². The molecule has 0 aromatic heterocycles. The van der Waals surface area contributed by atoms with Gasteiger partial charge in [0.25, 0.3) is 0 Å². The summed E-state index contributed by atoms with van der Waals surface area (Å²) in [6.07, 6.45) is -0.306. The lowest BCUT2D eigenvalue weighted by atomic mass is 9.96. The minimum Gasteiger partial charge on any atom is -0.393 e. The number of aliphatic hydroxyl groups excluding tert-OH is 1. The molecule has 0 saturated carbocycles. The highest BCUT2D eigenvalue weighted by Crippen LogP contribution is 2.27. The van der Waals surface area contributed by atoms with E-state index in [1.807, 2.05) is 13.8 Å². The molecule has 0 bridgehead atoms. The summed E-state index contributed by atoms with van der Waals surface area (Å²) in [6, 6.07) is 6.21. The molecule has 72 valence electrons. The van der Waals surface area contributed by atoms with E-state index in [1.54, 1.807) is 0 Å². The van der Waals surface area contributed by atoms with E-state index in [4.69, 9.17) is 0 Å². The first kappa shape index (κ1) is 10.7. The van der Waals surface area contributed by atoms with Crippen LogP contribution in [0.15, 0.2) is 22.7 Å². The molecule has 0 aliphatic rings. The molecule has 0 heterocycles. The molecular weight excluding hydrogens is 228 g/mol. The van der Waals surface area contributed by atoms with Gasteiger partial charge >= 0.3 is 0 Å². The SMILES string of the molecule is Cc1ccc(C(C)[C@@H](C)O)c(Br)c1. The lowest BCUT2D eigenvalue weighted by molar-refractivity contribution is 0.168. The Morgan fingerprint density at radius 3 is 2.38 bits per heavy atom. The summed E-state index contributed by atoms with van der Waals surface area (Å²) < 4.78 is 1.08. The van der Waals surface area contributed by atoms with Crippen LogP contribution in [0.3, 0.4) is 0 Å². The summed E-state index contributed by atoms with van der Waals surface area (Å²) in [5.74, 6) is 0.176. The molecule has 2 atom stereocenters. The van der Waals surface area contributed by atoms with Crippen molar-refractivity contribution in [1.82, 2.24) is 0 Å². The molecule has 0 amide bonds. The predicted molar refractivity (Wildman–Crippen MR) is 59.0 cm³/mol. The van der Waals surface area contributed by atoms with Crippen molar-refractivity contribution in [1.29, 1.82) is 0 Å². The highest BCUT2D eigenvalue weighted by molar-refractivity contribution is 9.10. The Morgan fingerprint density at radius 2 is 1.92 bits per heavy atom. The van der Waals surface area contributed by atoms with Crippen LogP contribution >= 0.6 is 15.9 Å². The van der Waals surface area contributed by atoms with Gasteiger partial charge in [-0.1, -0.05) is 35.0 Å². The maximum absolute atomic E-state index is 9.45. The number of benzene rings is 1. The first-order chi connectivity index (χ1) is 6.02. The molecule has 0 saturated heterocycles. The second kappa shape index (κ2) is 4.25. The van der Waals surface area contributed by atoms with Gasteiger partial charge in [-0.15, -0.1) is 0 Å². The van der Waals surface area contributed by atoms with Crippen molar-refractivity contribution in [2.24, 2.45) is 0 Å². The van der Waals surface area contributed by atoms with Crippen molar-refractivity contribution >= 4 is 15.9 Å². The van der Waals surface area contributed by atoms with E-state index in [-0.39, 0.29) is 12.0 Å². The maximum Gasteiger partial charge on any atom is 0.0578 e. The molecule has 13 heavy (non-hydrogen) atoms. The van der Waals surface area contributed by atoms with Gasteiger partial charge in [-0.25, -0.2) is 0 Å². The normalized spacial score (nSPS) is 15.5. The van der Waals surface area contributed by atoms with Gasteiger partial charge in [0.15, 0.2) is 0 Å². The molecule has 1 rings (SSSR count). The van der Waals surface area contributed by atoms with E-state index < -0.39 is 0 Å². The van der Waals surface area contributed by atoms with E-state index in [9.17, 15) is 5.11 Å². The summed E-state index contributed by atoms with van der Waals surface area (Å²) in [6.45, 7) is 5.90. The van der Waals surface area contributed by atoms with Crippen molar-refractivity contribution in [3.8, 4) is 0 Å². The van der Waals surface area contributed by atoms with E-state index >= 15 is 0 Å². The Kier molecular flexibility index (Phi) is 3.51. The van der Waals surface area contributed by atoms with Crippen molar-refractivity contribution in [3.63, 3.8) is 0 Å². The lowest BCUT2D eigenvalue weighted by Crippen LogP contribution is -2.11. The molecule has 2 heteroatoms. The van der Waals surface area contributed by atoms with Crippen molar-refractivity contribution in [2.75, 3.05) is 0 Å². The van der Waals surface area contributed by atoms with Crippen LogP contribution in [0.5, 0.6) is 0 Å². The van der Waals surface area contributed by atoms with E-state index in [2.05, 4.69) is 41.1 Å². The number of aliphatic hydroxyl groups is 1. The van der Waals surface area contributed by atoms with Gasteiger partial charge in [0.1, 0.15) is 0 Å². The predicted octanol–water partition coefficient (Wildman–Crippen LogP) is 3.24. The van der Waals surface area contributed by atoms with Crippen LogP contribution in [-0.4, -0.2) is 11.2 Å². The summed E-state index contributed by atoms with van der Waals surface area (Å²) >= 11 is 3.50. The lowest BCUT2D eigenvalue weighted by Gasteiger charge is -2.16. The van der Waals surface area contributed by atoms with E-state index in [0.29, 0.717) is 0 Å². The number of halogens is 1. The topological polar surface area (TPSA) is 20.2 Å². The number of hydrogen-bond acceptors (Lipinski definition) is 1. The average Bonchev–Trinajstić information content (AvgIpc) is 2.03. The molecule has 1 aromatic rings. The molecule has 0 aliphatic heterocycles. The highest BCUT2D eigenvalue weighted by atomic mass is 79.9. The van der Waals surface area contributed by atoms with Gasteiger partial charge in [0.2, 0.25) is 0 Å². The summed E-state index contributed by atoms with van der Waals surface area (Å²) in [4.78, 5) is 0. The Morgan fingerprint density at radius 1 is 1.31 bits per heavy atom. The van der Waals surface area contributed by atoms with Crippen LogP contribution in [0.1, 0.15) is 30.9 Å². The quantitative estimate of drug-likeness (QED) is 0.845. The third-order valence-electron chi connectivity index (χ3n) is 2.37. The zero-order chi connectivity index (χ0) is 10.0. The smallest absolute Gasteiger partial charge is 0.0578 e. The van der Waals surface area contributed by atoms with Crippen LogP contribution in [0.25, 0.3) is 0 Å². The summed E-state index contributed by atoms with van der Waals surface area (Å²) in [7, 11) is 0. The van der Waals surface area contributed by atoms with Gasteiger partial charge in [-0.05, 0) is 31.0 Å². The van der Waals surface area contributed by atoms with Crippen LogP contribution in [0.2, 0.25) is 0 Å². The number of hydrogen-bond donors (Lipinski definition) is 1. The fourth-order valence-electron chi connectivity index (χ4n) is 1.26. The molecule has 0 fully saturated rings. The van der Waals surface area contributed by atoms with Gasteiger partial charge in [-0.3, -0.25) is 0 Å². The summed E-state index contributed by atoms with van der Waals surface area (Å²) in [5, 5.41) is 9.45. The Hall–Kier alpha value is -0.340. The van der Waals surface area contributed by atoms with Gasteiger partial charge in [0.05, 0.1) is 6.10 Å². The molecule has 1 unspecified atom stereocenters. The minimum atomic E-state index is -0.306. The third-order valence-corrected chi connectivity index (χ3v) is 3.06. The van der Waals surface area contributed by atoms with Crippen molar-refractivity contribution < 1.29 is 5.11 Å². The largest absolute Gasteiger partial charge is 0.393 e. The zero-order valence-corrected chi connectivity index (χ0v) is 9.80.